The minimum Gasteiger partial charge on any atom is -0.305 e. The van der Waals surface area contributed by atoms with Crippen molar-refractivity contribution in [1.82, 2.24) is 25.5 Å². The van der Waals surface area contributed by atoms with Gasteiger partial charge in [0.1, 0.15) is 0 Å². The number of rotatable bonds is 5. The molecule has 0 radical (unpaired) electrons. The lowest BCUT2D eigenvalue weighted by Crippen LogP contribution is -2.36. The molecule has 1 atom stereocenters. The first kappa shape index (κ1) is 14.1. The van der Waals surface area contributed by atoms with E-state index in [4.69, 9.17) is 0 Å². The molecule has 104 valence electrons. The van der Waals surface area contributed by atoms with Crippen molar-refractivity contribution in [2.75, 3.05) is 0 Å². The molecule has 1 unspecified atom stereocenters. The van der Waals surface area contributed by atoms with Crippen molar-refractivity contribution < 1.29 is 0 Å². The van der Waals surface area contributed by atoms with E-state index in [-0.39, 0.29) is 11.6 Å². The van der Waals surface area contributed by atoms with Gasteiger partial charge in [0.15, 0.2) is 5.82 Å². The first-order valence-corrected chi connectivity index (χ1v) is 7.44. The van der Waals surface area contributed by atoms with Crippen LogP contribution in [0.3, 0.4) is 0 Å². The summed E-state index contributed by atoms with van der Waals surface area (Å²) < 4.78 is 1.94. The molecule has 2 aromatic heterocycles. The van der Waals surface area contributed by atoms with Crippen molar-refractivity contribution in [3.05, 3.63) is 28.2 Å². The Hall–Kier alpha value is -1.27. The smallest absolute Gasteiger partial charge is 0.165 e. The van der Waals surface area contributed by atoms with Gasteiger partial charge < -0.3 is 5.32 Å². The van der Waals surface area contributed by atoms with Crippen LogP contribution < -0.4 is 5.32 Å². The van der Waals surface area contributed by atoms with Crippen molar-refractivity contribution >= 4 is 11.3 Å². The lowest BCUT2D eigenvalue weighted by atomic mass is 10.1. The van der Waals surface area contributed by atoms with Crippen LogP contribution >= 0.6 is 11.3 Å². The second-order valence-electron chi connectivity index (χ2n) is 5.58. The van der Waals surface area contributed by atoms with E-state index in [1.54, 1.807) is 11.3 Å². The number of hydrogen-bond acceptors (Lipinski definition) is 5. The molecule has 0 saturated carbocycles. The first-order chi connectivity index (χ1) is 9.01. The number of thiophene rings is 1. The summed E-state index contributed by atoms with van der Waals surface area (Å²) in [6, 6.07) is 4.44. The molecule has 0 amide bonds. The first-order valence-electron chi connectivity index (χ1n) is 6.56. The van der Waals surface area contributed by atoms with Gasteiger partial charge in [0.25, 0.3) is 0 Å². The molecule has 0 saturated heterocycles. The average Bonchev–Trinajstić information content (AvgIpc) is 2.98. The summed E-state index contributed by atoms with van der Waals surface area (Å²) >= 11 is 1.75. The van der Waals surface area contributed by atoms with E-state index in [1.807, 2.05) is 4.68 Å². The van der Waals surface area contributed by atoms with Crippen molar-refractivity contribution in [3.8, 4) is 0 Å². The minimum absolute atomic E-state index is 0.0570. The molecular formula is C13H21N5S. The van der Waals surface area contributed by atoms with Gasteiger partial charge in [0.2, 0.25) is 0 Å². The SMILES string of the molecule is CCC(c1cccs1)n1nnnc1CNC(C)(C)C. The Morgan fingerprint density at radius 1 is 1.42 bits per heavy atom. The van der Waals surface area contributed by atoms with E-state index in [0.29, 0.717) is 6.54 Å². The molecule has 0 fully saturated rings. The average molecular weight is 279 g/mol. The lowest BCUT2D eigenvalue weighted by Gasteiger charge is -2.21. The molecule has 2 aromatic rings. The van der Waals surface area contributed by atoms with Crippen LogP contribution in [0.15, 0.2) is 17.5 Å². The molecule has 0 aromatic carbocycles. The maximum absolute atomic E-state index is 4.17. The maximum atomic E-state index is 4.17. The van der Waals surface area contributed by atoms with Gasteiger partial charge >= 0.3 is 0 Å². The van der Waals surface area contributed by atoms with E-state index in [9.17, 15) is 0 Å². The van der Waals surface area contributed by atoms with Gasteiger partial charge in [-0.3, -0.25) is 0 Å². The molecule has 0 aliphatic rings. The van der Waals surface area contributed by atoms with Gasteiger partial charge in [-0.1, -0.05) is 13.0 Å². The highest BCUT2D eigenvalue weighted by atomic mass is 32.1. The Balaban J connectivity index is 2.18. The third-order valence-corrected chi connectivity index (χ3v) is 3.86. The van der Waals surface area contributed by atoms with Gasteiger partial charge in [-0.15, -0.1) is 16.4 Å². The number of hydrogen-bond donors (Lipinski definition) is 1. The van der Waals surface area contributed by atoms with E-state index < -0.39 is 0 Å². The van der Waals surface area contributed by atoms with Crippen LogP contribution in [0.2, 0.25) is 0 Å². The summed E-state index contributed by atoms with van der Waals surface area (Å²) in [6.45, 7) is 9.25. The fraction of sp³-hybridized carbons (Fsp3) is 0.615. The van der Waals surface area contributed by atoms with E-state index >= 15 is 0 Å². The second kappa shape index (κ2) is 5.79. The molecule has 2 rings (SSSR count). The fourth-order valence-corrected chi connectivity index (χ4v) is 2.79. The van der Waals surface area contributed by atoms with Crippen LogP contribution in [0.4, 0.5) is 0 Å². The monoisotopic (exact) mass is 279 g/mol. The maximum Gasteiger partial charge on any atom is 0.165 e. The van der Waals surface area contributed by atoms with Gasteiger partial charge in [-0.2, -0.15) is 0 Å². The Bertz CT molecular complexity index is 497. The largest absolute Gasteiger partial charge is 0.305 e. The molecule has 19 heavy (non-hydrogen) atoms. The van der Waals surface area contributed by atoms with Crippen LogP contribution in [-0.4, -0.2) is 25.7 Å². The zero-order valence-electron chi connectivity index (χ0n) is 11.9. The van der Waals surface area contributed by atoms with E-state index in [0.717, 1.165) is 12.2 Å². The van der Waals surface area contributed by atoms with E-state index in [1.165, 1.54) is 4.88 Å². The molecule has 6 heteroatoms. The number of nitrogens with one attached hydrogen (secondary N) is 1. The molecule has 5 nitrogen and oxygen atoms in total. The normalized spacial score (nSPS) is 13.7. The zero-order chi connectivity index (χ0) is 13.9. The zero-order valence-corrected chi connectivity index (χ0v) is 12.7. The molecule has 0 spiro atoms. The molecule has 0 aliphatic carbocycles. The molecule has 0 bridgehead atoms. The van der Waals surface area contributed by atoms with Gasteiger partial charge in [-0.25, -0.2) is 4.68 Å². The third-order valence-electron chi connectivity index (χ3n) is 2.89. The topological polar surface area (TPSA) is 55.6 Å². The van der Waals surface area contributed by atoms with Crippen LogP contribution in [0.5, 0.6) is 0 Å². The summed E-state index contributed by atoms with van der Waals surface area (Å²) in [5.74, 6) is 0.884. The quantitative estimate of drug-likeness (QED) is 0.914. The Labute approximate surface area is 118 Å². The second-order valence-corrected chi connectivity index (χ2v) is 6.56. The Morgan fingerprint density at radius 2 is 2.21 bits per heavy atom. The molecule has 2 heterocycles. The number of nitrogens with zero attached hydrogens (tertiary/aromatic N) is 4. The predicted octanol–water partition coefficient (Wildman–Crippen LogP) is 2.62. The highest BCUT2D eigenvalue weighted by molar-refractivity contribution is 7.10. The van der Waals surface area contributed by atoms with Gasteiger partial charge in [0.05, 0.1) is 12.6 Å². The van der Waals surface area contributed by atoms with Crippen molar-refractivity contribution in [2.24, 2.45) is 0 Å². The Morgan fingerprint density at radius 3 is 2.79 bits per heavy atom. The van der Waals surface area contributed by atoms with Crippen LogP contribution in [0.1, 0.15) is 50.9 Å². The van der Waals surface area contributed by atoms with Crippen molar-refractivity contribution in [1.29, 1.82) is 0 Å². The predicted molar refractivity (Wildman–Crippen MR) is 77.2 cm³/mol. The van der Waals surface area contributed by atoms with E-state index in [2.05, 4.69) is 66.0 Å². The third kappa shape index (κ3) is 3.61. The number of tetrazole rings is 1. The summed E-state index contributed by atoms with van der Waals surface area (Å²) in [7, 11) is 0. The minimum atomic E-state index is 0.0570. The standard InChI is InChI=1S/C13H21N5S/c1-5-10(11-7-6-8-19-11)18-12(15-16-17-18)9-14-13(2,3)4/h6-8,10,14H,5,9H2,1-4H3. The lowest BCUT2D eigenvalue weighted by molar-refractivity contribution is 0.398. The summed E-state index contributed by atoms with van der Waals surface area (Å²) in [5, 5.41) is 17.7. The van der Waals surface area contributed by atoms with Crippen LogP contribution in [-0.2, 0) is 6.54 Å². The highest BCUT2D eigenvalue weighted by Gasteiger charge is 2.19. The van der Waals surface area contributed by atoms with Crippen molar-refractivity contribution in [3.63, 3.8) is 0 Å². The van der Waals surface area contributed by atoms with Gasteiger partial charge in [0, 0.05) is 10.4 Å². The van der Waals surface area contributed by atoms with Crippen LogP contribution in [0, 0.1) is 0 Å². The fourth-order valence-electron chi connectivity index (χ4n) is 1.89. The highest BCUT2D eigenvalue weighted by Crippen LogP contribution is 2.25. The summed E-state index contributed by atoms with van der Waals surface area (Å²) in [6.07, 6.45) is 0.980. The van der Waals surface area contributed by atoms with Crippen molar-refractivity contribution in [2.45, 2.75) is 52.2 Å². The van der Waals surface area contributed by atoms with Gasteiger partial charge in [-0.05, 0) is 49.1 Å². The molecule has 0 aliphatic heterocycles. The molecular weight excluding hydrogens is 258 g/mol. The Kier molecular flexibility index (Phi) is 4.31. The summed E-state index contributed by atoms with van der Waals surface area (Å²) in [5.41, 5.74) is 0.0570. The number of aromatic nitrogens is 4. The summed E-state index contributed by atoms with van der Waals surface area (Å²) in [4.78, 5) is 1.30. The molecule has 1 N–H and O–H groups in total. The van der Waals surface area contributed by atoms with Crippen LogP contribution in [0.25, 0.3) is 0 Å².